The summed E-state index contributed by atoms with van der Waals surface area (Å²) in [6.45, 7) is 2.04. The Labute approximate surface area is 87.4 Å². The van der Waals surface area contributed by atoms with Gasteiger partial charge in [-0.3, -0.25) is 0 Å². The number of benzene rings is 1. The van der Waals surface area contributed by atoms with Crippen LogP contribution in [0.25, 0.3) is 0 Å². The Morgan fingerprint density at radius 2 is 1.67 bits per heavy atom. The zero-order chi connectivity index (χ0) is 11.1. The van der Waals surface area contributed by atoms with E-state index in [1.165, 1.54) is 17.7 Å². The summed E-state index contributed by atoms with van der Waals surface area (Å²) >= 11 is 0. The van der Waals surface area contributed by atoms with Crippen molar-refractivity contribution >= 4 is 12.2 Å². The summed E-state index contributed by atoms with van der Waals surface area (Å²) in [5.74, 6) is 0. The van der Waals surface area contributed by atoms with Crippen LogP contribution in [0, 0.1) is 0 Å². The van der Waals surface area contributed by atoms with Gasteiger partial charge >= 0.3 is 0 Å². The second-order valence-electron chi connectivity index (χ2n) is 2.91. The lowest BCUT2D eigenvalue weighted by Crippen LogP contribution is -1.92. The van der Waals surface area contributed by atoms with Crippen molar-refractivity contribution in [1.29, 1.82) is 0 Å². The van der Waals surface area contributed by atoms with Crippen LogP contribution in [0.3, 0.4) is 0 Å². The average molecular weight is 202 g/mol. The van der Waals surface area contributed by atoms with Gasteiger partial charge in [0, 0.05) is 0 Å². The summed E-state index contributed by atoms with van der Waals surface area (Å²) < 4.78 is 0. The molecule has 1 rings (SSSR count). The van der Waals surface area contributed by atoms with Crippen LogP contribution in [0.15, 0.2) is 34.3 Å². The third-order valence-corrected chi connectivity index (χ3v) is 2.04. The van der Waals surface area contributed by atoms with Gasteiger partial charge in [0.25, 0.3) is 0 Å². The molecule has 0 bridgehead atoms. The first kappa shape index (κ1) is 11.1. The van der Waals surface area contributed by atoms with Gasteiger partial charge in [-0.05, 0) is 17.5 Å². The van der Waals surface area contributed by atoms with Gasteiger partial charge in [0.05, 0.1) is 0 Å². The summed E-state index contributed by atoms with van der Waals surface area (Å²) in [4.78, 5) is 27.0. The Balaban J connectivity index is 3.00. The van der Waals surface area contributed by atoms with Crippen LogP contribution in [0.5, 0.6) is 0 Å². The molecular formula is C11H10N2O2. The predicted octanol–water partition coefficient (Wildman–Crippen LogP) is 1.92. The van der Waals surface area contributed by atoms with Gasteiger partial charge in [0.1, 0.15) is 0 Å². The Morgan fingerprint density at radius 3 is 2.07 bits per heavy atom. The molecule has 1 aromatic carbocycles. The highest BCUT2D eigenvalue weighted by Crippen LogP contribution is 2.18. The molecule has 0 saturated carbocycles. The molecule has 4 heteroatoms. The number of hydrogen-bond acceptors (Lipinski definition) is 4. The quantitative estimate of drug-likeness (QED) is 0.553. The molecule has 0 fully saturated rings. The highest BCUT2D eigenvalue weighted by molar-refractivity contribution is 5.39. The molecule has 0 atom stereocenters. The lowest BCUT2D eigenvalue weighted by atomic mass is 10.1. The largest absolute Gasteiger partial charge is 0.237 e. The van der Waals surface area contributed by atoms with E-state index in [1.54, 1.807) is 12.1 Å². The zero-order valence-corrected chi connectivity index (χ0v) is 8.30. The molecule has 0 aliphatic heterocycles. The lowest BCUT2D eigenvalue weighted by molar-refractivity contribution is 0.552. The fourth-order valence-corrected chi connectivity index (χ4v) is 1.20. The van der Waals surface area contributed by atoms with E-state index >= 15 is 0 Å². The van der Waals surface area contributed by atoms with E-state index in [4.69, 9.17) is 0 Å². The molecule has 0 radical (unpaired) electrons. The van der Waals surface area contributed by atoms with Gasteiger partial charge in [-0.2, -0.15) is 9.98 Å². The van der Waals surface area contributed by atoms with E-state index in [1.807, 2.05) is 19.1 Å². The molecular weight excluding hydrogens is 192 g/mol. The van der Waals surface area contributed by atoms with Crippen molar-refractivity contribution in [1.82, 2.24) is 0 Å². The highest BCUT2D eigenvalue weighted by Gasteiger charge is 2.07. The van der Waals surface area contributed by atoms with Crippen molar-refractivity contribution in [2.75, 3.05) is 0 Å². The summed E-state index contributed by atoms with van der Waals surface area (Å²) in [6.07, 6.45) is 2.88. The van der Waals surface area contributed by atoms with Crippen molar-refractivity contribution in [2.45, 2.75) is 19.5 Å². The average Bonchev–Trinajstić information content (AvgIpc) is 2.29. The van der Waals surface area contributed by atoms with Crippen LogP contribution in [0.4, 0.5) is 0 Å². The van der Waals surface area contributed by atoms with Gasteiger partial charge in [-0.1, -0.05) is 31.2 Å². The third kappa shape index (κ3) is 2.99. The van der Waals surface area contributed by atoms with Gasteiger partial charge in [0.15, 0.2) is 6.17 Å². The van der Waals surface area contributed by atoms with Crippen LogP contribution in [0.1, 0.15) is 24.2 Å². The molecule has 0 aliphatic carbocycles. The summed E-state index contributed by atoms with van der Waals surface area (Å²) in [6, 6.07) is 7.38. The van der Waals surface area contributed by atoms with Crippen LogP contribution < -0.4 is 0 Å². The molecule has 0 saturated heterocycles. The Kier molecular flexibility index (Phi) is 4.17. The molecule has 0 unspecified atom stereocenters. The second kappa shape index (κ2) is 5.66. The van der Waals surface area contributed by atoms with Crippen LogP contribution >= 0.6 is 0 Å². The molecule has 4 nitrogen and oxygen atoms in total. The predicted molar refractivity (Wildman–Crippen MR) is 54.8 cm³/mol. The lowest BCUT2D eigenvalue weighted by Gasteiger charge is -2.04. The number of aliphatic imine (C=N–C) groups is 2. The summed E-state index contributed by atoms with van der Waals surface area (Å²) in [7, 11) is 0. The standard InChI is InChI=1S/C11H10N2O2/c1-2-9-3-5-10(6-4-9)11(12-7-14)13-8-15/h3-6,11H,2H2,1H3. The Bertz CT molecular complexity index is 395. The van der Waals surface area contributed by atoms with Crippen molar-refractivity contribution in [3.05, 3.63) is 35.4 Å². The molecule has 0 spiro atoms. The minimum Gasteiger partial charge on any atom is -0.211 e. The van der Waals surface area contributed by atoms with Gasteiger partial charge < -0.3 is 0 Å². The maximum Gasteiger partial charge on any atom is 0.237 e. The minimum absolute atomic E-state index is 0.680. The Hall–Kier alpha value is -2.02. The number of rotatable bonds is 4. The van der Waals surface area contributed by atoms with E-state index in [0.29, 0.717) is 5.56 Å². The van der Waals surface area contributed by atoms with E-state index in [2.05, 4.69) is 9.98 Å². The molecule has 1 aromatic rings. The smallest absolute Gasteiger partial charge is 0.211 e. The fourth-order valence-electron chi connectivity index (χ4n) is 1.20. The fraction of sp³-hybridized carbons (Fsp3) is 0.273. The van der Waals surface area contributed by atoms with Gasteiger partial charge in [-0.25, -0.2) is 9.59 Å². The normalized spacial score (nSPS) is 11.0. The molecule has 0 amide bonds. The van der Waals surface area contributed by atoms with Crippen LogP contribution in [-0.2, 0) is 16.0 Å². The zero-order valence-electron chi connectivity index (χ0n) is 8.30. The maximum absolute atomic E-state index is 10.1. The maximum atomic E-state index is 10.1. The van der Waals surface area contributed by atoms with Crippen LogP contribution in [-0.4, -0.2) is 12.2 Å². The molecule has 0 heterocycles. The summed E-state index contributed by atoms with van der Waals surface area (Å²) in [5.41, 5.74) is 1.85. The number of nitrogens with zero attached hydrogens (tertiary/aromatic N) is 2. The van der Waals surface area contributed by atoms with Crippen LogP contribution in [0.2, 0.25) is 0 Å². The van der Waals surface area contributed by atoms with Crippen molar-refractivity contribution < 1.29 is 9.59 Å². The molecule has 0 aliphatic rings. The molecule has 15 heavy (non-hydrogen) atoms. The van der Waals surface area contributed by atoms with E-state index in [-0.39, 0.29) is 0 Å². The number of hydrogen-bond donors (Lipinski definition) is 0. The third-order valence-electron chi connectivity index (χ3n) is 2.04. The Morgan fingerprint density at radius 1 is 1.13 bits per heavy atom. The first-order chi connectivity index (χ1) is 7.31. The highest BCUT2D eigenvalue weighted by atomic mass is 16.1. The SMILES string of the molecule is CCc1ccc(C(N=C=O)N=C=O)cc1. The second-order valence-corrected chi connectivity index (χ2v) is 2.91. The number of carbonyl (C=O) groups excluding carboxylic acids is 2. The van der Waals surface area contributed by atoms with E-state index < -0.39 is 6.17 Å². The number of isocyanates is 2. The van der Waals surface area contributed by atoms with Gasteiger partial charge in [0.2, 0.25) is 12.2 Å². The molecule has 0 aromatic heterocycles. The summed E-state index contributed by atoms with van der Waals surface area (Å²) in [5, 5.41) is 0. The molecule has 76 valence electrons. The van der Waals surface area contributed by atoms with E-state index in [9.17, 15) is 9.59 Å². The first-order valence-corrected chi connectivity index (χ1v) is 4.54. The minimum atomic E-state index is -0.814. The van der Waals surface area contributed by atoms with E-state index in [0.717, 1.165) is 6.42 Å². The van der Waals surface area contributed by atoms with Crippen molar-refractivity contribution in [3.8, 4) is 0 Å². The first-order valence-electron chi connectivity index (χ1n) is 4.54. The monoisotopic (exact) mass is 202 g/mol. The van der Waals surface area contributed by atoms with Gasteiger partial charge in [-0.15, -0.1) is 0 Å². The molecule has 0 N–H and O–H groups in total. The van der Waals surface area contributed by atoms with Crippen molar-refractivity contribution in [3.63, 3.8) is 0 Å². The topological polar surface area (TPSA) is 58.9 Å². The van der Waals surface area contributed by atoms with Crippen molar-refractivity contribution in [2.24, 2.45) is 9.98 Å². The number of aryl methyl sites for hydroxylation is 1.